The minimum Gasteiger partial charge on any atom is -0.262 e. The van der Waals surface area contributed by atoms with Gasteiger partial charge in [-0.15, -0.1) is 0 Å². The summed E-state index contributed by atoms with van der Waals surface area (Å²) >= 11 is 0. The van der Waals surface area contributed by atoms with Crippen LogP contribution < -0.4 is 0 Å². The third-order valence-electron chi connectivity index (χ3n) is 1.73. The van der Waals surface area contributed by atoms with E-state index in [4.69, 9.17) is 0 Å². The van der Waals surface area contributed by atoms with Gasteiger partial charge in [0.25, 0.3) is 0 Å². The maximum Gasteiger partial charge on any atom is 0.0398 e. The molecule has 1 heteroatoms. The van der Waals surface area contributed by atoms with Crippen LogP contribution in [-0.2, 0) is 0 Å². The van der Waals surface area contributed by atoms with Crippen molar-refractivity contribution < 1.29 is 0 Å². The van der Waals surface area contributed by atoms with Gasteiger partial charge in [0.2, 0.25) is 0 Å². The monoisotopic (exact) mass is 165 g/mol. The van der Waals surface area contributed by atoms with Crippen LogP contribution in [0.1, 0.15) is 40.5 Å². The standard InChI is InChI=1S/C11H19N/c1-5-7-8-10(3)11(4)12-9-6-2/h6,8-9H,5,7H2,1-4H3/b9-6-,10-8+,12-11+. The van der Waals surface area contributed by atoms with Gasteiger partial charge in [0.15, 0.2) is 0 Å². The number of rotatable bonds is 4. The fraction of sp³-hybridized carbons (Fsp3) is 0.545. The third-order valence-corrected chi connectivity index (χ3v) is 1.73. The largest absolute Gasteiger partial charge is 0.262 e. The van der Waals surface area contributed by atoms with Crippen molar-refractivity contribution in [1.82, 2.24) is 0 Å². The van der Waals surface area contributed by atoms with Crippen LogP contribution in [0.5, 0.6) is 0 Å². The Balaban J connectivity index is 4.16. The first-order valence-electron chi connectivity index (χ1n) is 4.55. The quantitative estimate of drug-likeness (QED) is 0.563. The van der Waals surface area contributed by atoms with Crippen LogP contribution >= 0.6 is 0 Å². The molecule has 0 N–H and O–H groups in total. The van der Waals surface area contributed by atoms with Gasteiger partial charge in [-0.1, -0.05) is 25.5 Å². The first-order chi connectivity index (χ1) is 5.72. The van der Waals surface area contributed by atoms with Crippen LogP contribution in [0.25, 0.3) is 0 Å². The fourth-order valence-electron chi connectivity index (χ4n) is 0.797. The molecule has 0 atom stereocenters. The predicted octanol–water partition coefficient (Wildman–Crippen LogP) is 3.73. The highest BCUT2D eigenvalue weighted by Crippen LogP contribution is 2.01. The van der Waals surface area contributed by atoms with E-state index in [1.807, 2.05) is 26.1 Å². The van der Waals surface area contributed by atoms with Crippen molar-refractivity contribution in [3.8, 4) is 0 Å². The zero-order valence-electron chi connectivity index (χ0n) is 8.59. The number of allylic oxidation sites excluding steroid dienone is 3. The van der Waals surface area contributed by atoms with Crippen molar-refractivity contribution in [2.24, 2.45) is 4.99 Å². The zero-order chi connectivity index (χ0) is 9.40. The van der Waals surface area contributed by atoms with Gasteiger partial charge in [0, 0.05) is 11.9 Å². The van der Waals surface area contributed by atoms with Gasteiger partial charge in [-0.2, -0.15) is 0 Å². The maximum atomic E-state index is 4.26. The summed E-state index contributed by atoms with van der Waals surface area (Å²) in [7, 11) is 0. The molecule has 0 aromatic heterocycles. The second-order valence-corrected chi connectivity index (χ2v) is 2.87. The number of hydrogen-bond donors (Lipinski definition) is 0. The van der Waals surface area contributed by atoms with Crippen molar-refractivity contribution in [3.63, 3.8) is 0 Å². The van der Waals surface area contributed by atoms with Gasteiger partial charge in [-0.05, 0) is 32.8 Å². The first-order valence-corrected chi connectivity index (χ1v) is 4.55. The Bertz CT molecular complexity index is 197. The van der Waals surface area contributed by atoms with Gasteiger partial charge < -0.3 is 0 Å². The van der Waals surface area contributed by atoms with Crippen molar-refractivity contribution in [2.75, 3.05) is 0 Å². The highest BCUT2D eigenvalue weighted by atomic mass is 14.7. The SMILES string of the molecule is C\C=C/N=C(C)/C(C)=C/CCC. The molecule has 0 aliphatic carbocycles. The fourth-order valence-corrected chi connectivity index (χ4v) is 0.797. The molecule has 0 saturated heterocycles. The van der Waals surface area contributed by atoms with Gasteiger partial charge in [-0.25, -0.2) is 0 Å². The smallest absolute Gasteiger partial charge is 0.0398 e. The lowest BCUT2D eigenvalue weighted by atomic mass is 10.1. The second kappa shape index (κ2) is 6.84. The van der Waals surface area contributed by atoms with Gasteiger partial charge in [0.1, 0.15) is 0 Å². The molecule has 1 nitrogen and oxygen atoms in total. The molecule has 0 aliphatic heterocycles. The van der Waals surface area contributed by atoms with Crippen LogP contribution in [0, 0.1) is 0 Å². The molecular formula is C11H19N. The normalized spacial score (nSPS) is 14.3. The van der Waals surface area contributed by atoms with Crippen LogP contribution in [-0.4, -0.2) is 5.71 Å². The van der Waals surface area contributed by atoms with E-state index in [2.05, 4.69) is 24.9 Å². The lowest BCUT2D eigenvalue weighted by Crippen LogP contribution is -1.91. The van der Waals surface area contributed by atoms with Gasteiger partial charge in [-0.3, -0.25) is 4.99 Å². The summed E-state index contributed by atoms with van der Waals surface area (Å²) in [6.07, 6.45) is 8.36. The number of hydrogen-bond acceptors (Lipinski definition) is 1. The molecule has 0 amide bonds. The Kier molecular flexibility index (Phi) is 6.35. The lowest BCUT2D eigenvalue weighted by molar-refractivity contribution is 0.953. The van der Waals surface area contributed by atoms with Crippen LogP contribution in [0.15, 0.2) is 28.9 Å². The number of unbranched alkanes of at least 4 members (excludes halogenated alkanes) is 1. The maximum absolute atomic E-state index is 4.26. The van der Waals surface area contributed by atoms with E-state index in [0.29, 0.717) is 0 Å². The molecule has 0 saturated carbocycles. The van der Waals surface area contributed by atoms with Crippen LogP contribution in [0.2, 0.25) is 0 Å². The summed E-state index contributed by atoms with van der Waals surface area (Å²) in [6, 6.07) is 0. The lowest BCUT2D eigenvalue weighted by Gasteiger charge is -1.97. The Labute approximate surface area is 75.9 Å². The summed E-state index contributed by atoms with van der Waals surface area (Å²) in [4.78, 5) is 4.26. The summed E-state index contributed by atoms with van der Waals surface area (Å²) in [6.45, 7) is 8.31. The molecule has 0 bridgehead atoms. The third kappa shape index (κ3) is 4.89. The van der Waals surface area contributed by atoms with E-state index in [9.17, 15) is 0 Å². The average Bonchev–Trinajstić information content (AvgIpc) is 2.10. The Morgan fingerprint density at radius 1 is 1.33 bits per heavy atom. The van der Waals surface area contributed by atoms with E-state index in [1.165, 1.54) is 12.0 Å². The average molecular weight is 165 g/mol. The van der Waals surface area contributed by atoms with Gasteiger partial charge in [0.05, 0.1) is 0 Å². The Morgan fingerprint density at radius 2 is 2.00 bits per heavy atom. The van der Waals surface area contributed by atoms with E-state index < -0.39 is 0 Å². The molecule has 0 heterocycles. The topological polar surface area (TPSA) is 12.4 Å². The van der Waals surface area contributed by atoms with Crippen molar-refractivity contribution in [1.29, 1.82) is 0 Å². The molecule has 68 valence electrons. The number of aliphatic imine (C=N–C) groups is 1. The highest BCUT2D eigenvalue weighted by molar-refractivity contribution is 5.97. The molecule has 0 radical (unpaired) electrons. The van der Waals surface area contributed by atoms with E-state index in [1.54, 1.807) is 0 Å². The summed E-state index contributed by atoms with van der Waals surface area (Å²) in [5, 5.41) is 0. The second-order valence-electron chi connectivity index (χ2n) is 2.87. The van der Waals surface area contributed by atoms with Crippen molar-refractivity contribution in [3.05, 3.63) is 23.9 Å². The summed E-state index contributed by atoms with van der Waals surface area (Å²) < 4.78 is 0. The summed E-state index contributed by atoms with van der Waals surface area (Å²) in [5.74, 6) is 0. The molecule has 0 rings (SSSR count). The molecule has 0 aromatic rings. The molecule has 0 unspecified atom stereocenters. The molecular weight excluding hydrogens is 146 g/mol. The number of nitrogens with zero attached hydrogens (tertiary/aromatic N) is 1. The molecule has 0 aliphatic rings. The minimum atomic E-state index is 1.11. The molecule has 0 fully saturated rings. The Hall–Kier alpha value is -0.850. The first kappa shape index (κ1) is 11.2. The predicted molar refractivity (Wildman–Crippen MR) is 56.6 cm³/mol. The Morgan fingerprint density at radius 3 is 2.50 bits per heavy atom. The molecule has 0 aromatic carbocycles. The van der Waals surface area contributed by atoms with E-state index in [0.717, 1.165) is 12.1 Å². The van der Waals surface area contributed by atoms with Gasteiger partial charge >= 0.3 is 0 Å². The van der Waals surface area contributed by atoms with Crippen LogP contribution in [0.4, 0.5) is 0 Å². The highest BCUT2D eigenvalue weighted by Gasteiger charge is 1.91. The van der Waals surface area contributed by atoms with Crippen molar-refractivity contribution in [2.45, 2.75) is 40.5 Å². The van der Waals surface area contributed by atoms with E-state index in [-0.39, 0.29) is 0 Å². The van der Waals surface area contributed by atoms with Crippen LogP contribution in [0.3, 0.4) is 0 Å². The summed E-state index contributed by atoms with van der Waals surface area (Å²) in [5.41, 5.74) is 2.40. The molecule has 0 spiro atoms. The molecule has 12 heavy (non-hydrogen) atoms. The van der Waals surface area contributed by atoms with E-state index >= 15 is 0 Å². The zero-order valence-corrected chi connectivity index (χ0v) is 8.59. The minimum absolute atomic E-state index is 1.11. The van der Waals surface area contributed by atoms with Crippen molar-refractivity contribution >= 4 is 5.71 Å².